The maximum Gasteiger partial charge on any atom is 0.365 e. The van der Waals surface area contributed by atoms with E-state index in [1.807, 2.05) is 91.9 Å². The van der Waals surface area contributed by atoms with Crippen LogP contribution in [0, 0.1) is 0 Å². The molecule has 0 atom stereocenters. The molecule has 6 aromatic carbocycles. The van der Waals surface area contributed by atoms with E-state index >= 15 is 0 Å². The van der Waals surface area contributed by atoms with Gasteiger partial charge < -0.3 is 9.74 Å². The molecule has 0 heterocycles. The van der Waals surface area contributed by atoms with Crippen LogP contribution in [0.25, 0.3) is 10.8 Å². The van der Waals surface area contributed by atoms with Crippen molar-refractivity contribution in [1.82, 2.24) is 0 Å². The molecule has 0 aliphatic carbocycles. The number of carbonyl (C=O) groups is 2. The van der Waals surface area contributed by atoms with Crippen LogP contribution in [-0.4, -0.2) is 17.5 Å². The zero-order valence-corrected chi connectivity index (χ0v) is 26.1. The van der Waals surface area contributed by atoms with Gasteiger partial charge in [0.05, 0.1) is 17.0 Å². The average Bonchev–Trinajstić information content (AvgIpc) is 3.11. The van der Waals surface area contributed by atoms with Crippen LogP contribution in [0.15, 0.2) is 151 Å². The fraction of sp³-hybridized carbons (Fsp3) is 0.0976. The molecule has 0 aromatic heterocycles. The van der Waals surface area contributed by atoms with Gasteiger partial charge in [-0.1, -0.05) is 110 Å². The molecule has 46 heavy (non-hydrogen) atoms. The molecular weight excluding hydrogens is 568 g/mol. The van der Waals surface area contributed by atoms with Gasteiger partial charge in [0.1, 0.15) is 0 Å². The van der Waals surface area contributed by atoms with E-state index < -0.39 is 5.97 Å². The largest absolute Gasteiger partial charge is 0.365 e. The quantitative estimate of drug-likeness (QED) is 0.0715. The van der Waals surface area contributed by atoms with Crippen LogP contribution in [0.2, 0.25) is 0 Å². The van der Waals surface area contributed by atoms with Crippen molar-refractivity contribution in [2.75, 3.05) is 4.90 Å². The summed E-state index contributed by atoms with van der Waals surface area (Å²) >= 11 is 0. The molecule has 0 amide bonds. The van der Waals surface area contributed by atoms with Gasteiger partial charge in [-0.15, -0.1) is 0 Å². The molecule has 5 heteroatoms. The lowest BCUT2D eigenvalue weighted by molar-refractivity contribution is 0.0516. The number of benzene rings is 6. The Labute approximate surface area is 269 Å². The number of hydrogen-bond donors (Lipinski definition) is 0. The molecule has 0 bridgehead atoms. The third-order valence-corrected chi connectivity index (χ3v) is 8.04. The van der Waals surface area contributed by atoms with Crippen LogP contribution >= 0.6 is 0 Å². The number of nitrogens with zero attached hydrogens (tertiary/aromatic N) is 2. The molecule has 0 aliphatic heterocycles. The molecule has 0 fully saturated rings. The highest BCUT2D eigenvalue weighted by atomic mass is 16.7. The second kappa shape index (κ2) is 13.4. The van der Waals surface area contributed by atoms with Crippen LogP contribution in [0.1, 0.15) is 64.1 Å². The summed E-state index contributed by atoms with van der Waals surface area (Å²) in [5, 5.41) is 6.44. The highest BCUT2D eigenvalue weighted by Crippen LogP contribution is 2.41. The van der Waals surface area contributed by atoms with E-state index in [2.05, 4.69) is 60.3 Å². The zero-order valence-electron chi connectivity index (χ0n) is 26.1. The van der Waals surface area contributed by atoms with Gasteiger partial charge in [-0.2, -0.15) is 0 Å². The van der Waals surface area contributed by atoms with E-state index in [1.165, 1.54) is 10.9 Å². The minimum absolute atomic E-state index is 0.0162. The van der Waals surface area contributed by atoms with E-state index in [4.69, 9.17) is 4.84 Å². The van der Waals surface area contributed by atoms with Crippen molar-refractivity contribution in [3.8, 4) is 0 Å². The first-order chi connectivity index (χ1) is 22.4. The van der Waals surface area contributed by atoms with Crippen molar-refractivity contribution in [2.24, 2.45) is 5.16 Å². The number of rotatable bonds is 9. The summed E-state index contributed by atoms with van der Waals surface area (Å²) in [4.78, 5) is 33.0. The summed E-state index contributed by atoms with van der Waals surface area (Å²) in [6.07, 6.45) is 0. The van der Waals surface area contributed by atoms with Crippen molar-refractivity contribution in [3.63, 3.8) is 0 Å². The first kappa shape index (κ1) is 30.2. The second-order valence-corrected chi connectivity index (χ2v) is 11.4. The van der Waals surface area contributed by atoms with Crippen LogP contribution in [0.5, 0.6) is 0 Å². The van der Waals surface area contributed by atoms with Gasteiger partial charge in [-0.3, -0.25) is 4.79 Å². The number of anilines is 3. The monoisotopic (exact) mass is 602 g/mol. The lowest BCUT2D eigenvalue weighted by Gasteiger charge is -2.28. The van der Waals surface area contributed by atoms with Crippen molar-refractivity contribution in [1.29, 1.82) is 0 Å². The predicted octanol–water partition coefficient (Wildman–Crippen LogP) is 10.2. The topological polar surface area (TPSA) is 59.0 Å². The summed E-state index contributed by atoms with van der Waals surface area (Å²) in [7, 11) is 0. The zero-order chi connectivity index (χ0) is 32.0. The standard InChI is InChI=1S/C41H34N2O3/c1-28(2)36-26-27-39(38-17-11-10-16-37(36)38)43(35-24-20-32(21-25-35)40(44)31-12-6-4-7-13-31)34-22-18-30(19-23-34)29(3)42-46-41(45)33-14-8-5-9-15-33/h4-28H,1-3H3/b42-29-. The van der Waals surface area contributed by atoms with Crippen molar-refractivity contribution in [2.45, 2.75) is 26.7 Å². The van der Waals surface area contributed by atoms with E-state index in [0.717, 1.165) is 28.0 Å². The Morgan fingerprint density at radius 2 is 1.07 bits per heavy atom. The number of carbonyl (C=O) groups excluding carboxylic acids is 2. The maximum atomic E-state index is 13.2. The second-order valence-electron chi connectivity index (χ2n) is 11.4. The Kier molecular flexibility index (Phi) is 8.84. The average molecular weight is 603 g/mol. The molecule has 6 rings (SSSR count). The van der Waals surface area contributed by atoms with E-state index in [-0.39, 0.29) is 5.78 Å². The number of ketones is 1. The van der Waals surface area contributed by atoms with Gasteiger partial charge in [0.2, 0.25) is 0 Å². The molecule has 0 aliphatic rings. The summed E-state index contributed by atoms with van der Waals surface area (Å²) in [6, 6.07) is 46.7. The minimum Gasteiger partial charge on any atom is -0.313 e. The highest BCUT2D eigenvalue weighted by molar-refractivity contribution is 6.09. The molecule has 226 valence electrons. The van der Waals surface area contributed by atoms with Gasteiger partial charge >= 0.3 is 5.97 Å². The molecule has 0 saturated heterocycles. The van der Waals surface area contributed by atoms with Gasteiger partial charge in [-0.25, -0.2) is 4.79 Å². The summed E-state index contributed by atoms with van der Waals surface area (Å²) in [5.41, 5.74) is 7.30. The fourth-order valence-corrected chi connectivity index (χ4v) is 5.59. The first-order valence-electron chi connectivity index (χ1n) is 15.3. The smallest absolute Gasteiger partial charge is 0.313 e. The normalized spacial score (nSPS) is 11.4. The van der Waals surface area contributed by atoms with Gasteiger partial charge in [-0.05, 0) is 84.0 Å². The summed E-state index contributed by atoms with van der Waals surface area (Å²) < 4.78 is 0. The van der Waals surface area contributed by atoms with Gasteiger partial charge in [0, 0.05) is 27.9 Å². The molecule has 0 radical (unpaired) electrons. The number of hydrogen-bond acceptors (Lipinski definition) is 5. The molecule has 0 N–H and O–H groups in total. The van der Waals surface area contributed by atoms with Crippen LogP contribution in [0.3, 0.4) is 0 Å². The minimum atomic E-state index is -0.506. The third kappa shape index (κ3) is 6.35. The summed E-state index contributed by atoms with van der Waals surface area (Å²) in [6.45, 7) is 6.23. The number of oxime groups is 1. The molecule has 0 saturated carbocycles. The highest BCUT2D eigenvalue weighted by Gasteiger charge is 2.19. The van der Waals surface area contributed by atoms with E-state index in [1.54, 1.807) is 24.3 Å². The van der Waals surface area contributed by atoms with Crippen molar-refractivity contribution in [3.05, 3.63) is 173 Å². The third-order valence-electron chi connectivity index (χ3n) is 8.04. The molecule has 5 nitrogen and oxygen atoms in total. The first-order valence-corrected chi connectivity index (χ1v) is 15.3. The lowest BCUT2D eigenvalue weighted by Crippen LogP contribution is -2.12. The molecular formula is C41H34N2O3. The SMILES string of the molecule is C/C(=N/OC(=O)c1ccccc1)c1ccc(N(c2ccc(C(=O)c3ccccc3)cc2)c2ccc(C(C)C)c3ccccc23)cc1. The Bertz CT molecular complexity index is 2020. The van der Waals surface area contributed by atoms with Crippen LogP contribution < -0.4 is 4.90 Å². The molecule has 6 aromatic rings. The number of fused-ring (bicyclic) bond motifs is 1. The van der Waals surface area contributed by atoms with E-state index in [9.17, 15) is 9.59 Å². The fourth-order valence-electron chi connectivity index (χ4n) is 5.59. The Morgan fingerprint density at radius 3 is 1.65 bits per heavy atom. The van der Waals surface area contributed by atoms with Crippen LogP contribution in [-0.2, 0) is 4.84 Å². The Hall–Kier alpha value is -5.81. The molecule has 0 spiro atoms. The Morgan fingerprint density at radius 1 is 0.565 bits per heavy atom. The molecule has 0 unspecified atom stereocenters. The van der Waals surface area contributed by atoms with Crippen molar-refractivity contribution >= 4 is 45.3 Å². The van der Waals surface area contributed by atoms with Crippen molar-refractivity contribution < 1.29 is 14.4 Å². The maximum absolute atomic E-state index is 13.2. The predicted molar refractivity (Wildman–Crippen MR) is 187 cm³/mol. The van der Waals surface area contributed by atoms with Gasteiger partial charge in [0.15, 0.2) is 5.78 Å². The lowest BCUT2D eigenvalue weighted by atomic mass is 9.94. The summed E-state index contributed by atoms with van der Waals surface area (Å²) in [5.74, 6) is -0.153. The Balaban J connectivity index is 1.38. The van der Waals surface area contributed by atoms with Gasteiger partial charge in [0.25, 0.3) is 0 Å². The van der Waals surface area contributed by atoms with Crippen LogP contribution in [0.4, 0.5) is 17.1 Å². The van der Waals surface area contributed by atoms with E-state index in [0.29, 0.717) is 28.3 Å².